The molecule has 1 amide bonds. The third-order valence-corrected chi connectivity index (χ3v) is 6.21. The first-order valence-corrected chi connectivity index (χ1v) is 12.2. The van der Waals surface area contributed by atoms with Gasteiger partial charge in [-0.3, -0.25) is 4.79 Å². The van der Waals surface area contributed by atoms with Crippen LogP contribution < -0.4 is 0 Å². The number of hydrogen-bond donors (Lipinski definition) is 0. The average molecular weight is 490 g/mol. The molecule has 6 heteroatoms. The van der Waals surface area contributed by atoms with Crippen LogP contribution in [0.25, 0.3) is 27.7 Å². The highest BCUT2D eigenvalue weighted by atomic mass is 16.5. The van der Waals surface area contributed by atoms with Gasteiger partial charge in [-0.05, 0) is 59.7 Å². The lowest BCUT2D eigenvalue weighted by Gasteiger charge is -2.17. The normalized spacial score (nSPS) is 10.9. The molecular formula is C31H27N3O3. The summed E-state index contributed by atoms with van der Waals surface area (Å²) in [4.78, 5) is 27.2. The smallest absolute Gasteiger partial charge is 0.358 e. The number of nitrogens with zero attached hydrogens (tertiary/aromatic N) is 3. The van der Waals surface area contributed by atoms with Gasteiger partial charge in [0, 0.05) is 24.7 Å². The highest BCUT2D eigenvalue weighted by Crippen LogP contribution is 2.28. The van der Waals surface area contributed by atoms with Crippen LogP contribution in [0.1, 0.15) is 33.3 Å². The second-order valence-corrected chi connectivity index (χ2v) is 8.80. The van der Waals surface area contributed by atoms with E-state index in [0.29, 0.717) is 12.1 Å². The molecule has 0 unspecified atom stereocenters. The number of rotatable bonds is 7. The Labute approximate surface area is 215 Å². The lowest BCUT2D eigenvalue weighted by atomic mass is 10.0. The fourth-order valence-corrected chi connectivity index (χ4v) is 4.33. The van der Waals surface area contributed by atoms with E-state index in [2.05, 4.69) is 29.4 Å². The summed E-state index contributed by atoms with van der Waals surface area (Å²) in [7, 11) is 1.79. The second kappa shape index (κ2) is 10.5. The van der Waals surface area contributed by atoms with Crippen molar-refractivity contribution in [3.05, 3.63) is 120 Å². The number of esters is 1. The molecule has 0 radical (unpaired) electrons. The van der Waals surface area contributed by atoms with Crippen molar-refractivity contribution < 1.29 is 14.3 Å². The molecule has 0 spiro atoms. The van der Waals surface area contributed by atoms with Crippen LogP contribution in [-0.4, -0.2) is 40.2 Å². The van der Waals surface area contributed by atoms with E-state index in [1.54, 1.807) is 41.8 Å². The maximum absolute atomic E-state index is 13.0. The fourth-order valence-electron chi connectivity index (χ4n) is 4.33. The van der Waals surface area contributed by atoms with E-state index >= 15 is 0 Å². The number of hydrogen-bond acceptors (Lipinski definition) is 4. The summed E-state index contributed by atoms with van der Waals surface area (Å²) in [6.07, 6.45) is 0. The molecular weight excluding hydrogens is 462 g/mol. The monoisotopic (exact) mass is 489 g/mol. The Kier molecular flexibility index (Phi) is 6.81. The molecule has 0 aliphatic carbocycles. The molecule has 0 saturated carbocycles. The Bertz CT molecular complexity index is 1560. The van der Waals surface area contributed by atoms with Gasteiger partial charge in [0.25, 0.3) is 5.91 Å². The van der Waals surface area contributed by atoms with Crippen molar-refractivity contribution in [2.45, 2.75) is 13.5 Å². The minimum Gasteiger partial charge on any atom is -0.461 e. The SMILES string of the molecule is CCOC(=O)c1cc(-c2ccc3ccccc3c2)n(-c2ccc(C(=O)N(C)Cc3ccccc3)cc2)n1. The molecule has 5 aromatic rings. The van der Waals surface area contributed by atoms with Gasteiger partial charge in [-0.2, -0.15) is 5.10 Å². The van der Waals surface area contributed by atoms with Gasteiger partial charge in [0.1, 0.15) is 0 Å². The number of amides is 1. The van der Waals surface area contributed by atoms with Crippen molar-refractivity contribution in [2.75, 3.05) is 13.7 Å². The molecule has 5 rings (SSSR count). The molecule has 37 heavy (non-hydrogen) atoms. The second-order valence-electron chi connectivity index (χ2n) is 8.80. The summed E-state index contributed by atoms with van der Waals surface area (Å²) in [5.74, 6) is -0.546. The number of ether oxygens (including phenoxy) is 1. The van der Waals surface area contributed by atoms with E-state index in [9.17, 15) is 9.59 Å². The van der Waals surface area contributed by atoms with Crippen LogP contribution in [0.3, 0.4) is 0 Å². The molecule has 0 aliphatic heterocycles. The van der Waals surface area contributed by atoms with Crippen LogP contribution in [-0.2, 0) is 11.3 Å². The first kappa shape index (κ1) is 24.0. The van der Waals surface area contributed by atoms with Gasteiger partial charge in [-0.1, -0.05) is 66.7 Å². The zero-order chi connectivity index (χ0) is 25.8. The number of carbonyl (C=O) groups is 2. The highest BCUT2D eigenvalue weighted by molar-refractivity contribution is 5.94. The molecule has 4 aromatic carbocycles. The number of carbonyl (C=O) groups excluding carboxylic acids is 2. The molecule has 1 heterocycles. The Morgan fingerprint density at radius 1 is 0.838 bits per heavy atom. The molecule has 6 nitrogen and oxygen atoms in total. The van der Waals surface area contributed by atoms with Crippen LogP contribution in [0.2, 0.25) is 0 Å². The fraction of sp³-hybridized carbons (Fsp3) is 0.129. The van der Waals surface area contributed by atoms with Gasteiger partial charge in [-0.15, -0.1) is 0 Å². The van der Waals surface area contributed by atoms with E-state index < -0.39 is 5.97 Å². The van der Waals surface area contributed by atoms with Crippen molar-refractivity contribution in [1.29, 1.82) is 0 Å². The minimum atomic E-state index is -0.474. The Balaban J connectivity index is 1.47. The predicted molar refractivity (Wildman–Crippen MR) is 145 cm³/mol. The summed E-state index contributed by atoms with van der Waals surface area (Å²) in [6, 6.07) is 33.1. The first-order chi connectivity index (χ1) is 18.0. The first-order valence-electron chi connectivity index (χ1n) is 12.2. The summed E-state index contributed by atoms with van der Waals surface area (Å²) in [5, 5.41) is 6.79. The molecule has 0 aliphatic rings. The number of benzene rings is 4. The van der Waals surface area contributed by atoms with E-state index in [0.717, 1.165) is 33.3 Å². The zero-order valence-electron chi connectivity index (χ0n) is 20.8. The van der Waals surface area contributed by atoms with E-state index in [1.165, 1.54) is 0 Å². The minimum absolute atomic E-state index is 0.0715. The Morgan fingerprint density at radius 3 is 2.27 bits per heavy atom. The van der Waals surface area contributed by atoms with Crippen LogP contribution in [0.15, 0.2) is 103 Å². The summed E-state index contributed by atoms with van der Waals surface area (Å²) >= 11 is 0. The standard InChI is InChI=1S/C31H27N3O3/c1-3-37-31(36)28-20-29(26-14-13-23-11-7-8-12-25(23)19-26)34(32-28)27-17-15-24(16-18-27)30(35)33(2)21-22-9-5-4-6-10-22/h4-20H,3,21H2,1-2H3. The Morgan fingerprint density at radius 2 is 1.54 bits per heavy atom. The topological polar surface area (TPSA) is 64.4 Å². The number of aromatic nitrogens is 2. The third-order valence-electron chi connectivity index (χ3n) is 6.21. The molecule has 0 saturated heterocycles. The van der Waals surface area contributed by atoms with Gasteiger partial charge >= 0.3 is 5.97 Å². The largest absolute Gasteiger partial charge is 0.461 e. The lowest BCUT2D eigenvalue weighted by Crippen LogP contribution is -2.26. The van der Waals surface area contributed by atoms with Gasteiger partial charge in [-0.25, -0.2) is 9.48 Å². The predicted octanol–water partition coefficient (Wildman–Crippen LogP) is 6.14. The lowest BCUT2D eigenvalue weighted by molar-refractivity contribution is 0.0518. The van der Waals surface area contributed by atoms with E-state index in [-0.39, 0.29) is 18.2 Å². The van der Waals surface area contributed by atoms with Crippen molar-refractivity contribution in [3.8, 4) is 16.9 Å². The zero-order valence-corrected chi connectivity index (χ0v) is 20.8. The summed E-state index contributed by atoms with van der Waals surface area (Å²) in [5.41, 5.74) is 4.29. The summed E-state index contributed by atoms with van der Waals surface area (Å²) < 4.78 is 6.92. The molecule has 0 fully saturated rings. The maximum Gasteiger partial charge on any atom is 0.358 e. The van der Waals surface area contributed by atoms with Gasteiger partial charge in [0.2, 0.25) is 0 Å². The molecule has 0 N–H and O–H groups in total. The highest BCUT2D eigenvalue weighted by Gasteiger charge is 2.19. The van der Waals surface area contributed by atoms with Crippen LogP contribution >= 0.6 is 0 Å². The van der Waals surface area contributed by atoms with Crippen molar-refractivity contribution in [3.63, 3.8) is 0 Å². The van der Waals surface area contributed by atoms with Crippen molar-refractivity contribution in [2.24, 2.45) is 0 Å². The Hall–Kier alpha value is -4.71. The molecule has 184 valence electrons. The van der Waals surface area contributed by atoms with Crippen LogP contribution in [0.5, 0.6) is 0 Å². The van der Waals surface area contributed by atoms with Crippen LogP contribution in [0.4, 0.5) is 0 Å². The van der Waals surface area contributed by atoms with Gasteiger partial charge < -0.3 is 9.64 Å². The van der Waals surface area contributed by atoms with Gasteiger partial charge in [0.05, 0.1) is 18.0 Å². The van der Waals surface area contributed by atoms with Crippen LogP contribution in [0, 0.1) is 0 Å². The molecule has 1 aromatic heterocycles. The third kappa shape index (κ3) is 5.14. The molecule has 0 atom stereocenters. The van der Waals surface area contributed by atoms with E-state index in [4.69, 9.17) is 4.74 Å². The van der Waals surface area contributed by atoms with E-state index in [1.807, 2.05) is 60.7 Å². The van der Waals surface area contributed by atoms with Crippen molar-refractivity contribution >= 4 is 22.6 Å². The summed E-state index contributed by atoms with van der Waals surface area (Å²) in [6.45, 7) is 2.56. The quantitative estimate of drug-likeness (QED) is 0.258. The maximum atomic E-state index is 13.0. The molecule has 0 bridgehead atoms. The van der Waals surface area contributed by atoms with Crippen molar-refractivity contribution in [1.82, 2.24) is 14.7 Å². The number of fused-ring (bicyclic) bond motifs is 1. The average Bonchev–Trinajstić information content (AvgIpc) is 3.39. The van der Waals surface area contributed by atoms with Gasteiger partial charge in [0.15, 0.2) is 5.69 Å².